The maximum absolute atomic E-state index is 9.37. The van der Waals surface area contributed by atoms with Gasteiger partial charge < -0.3 is 5.11 Å². The van der Waals surface area contributed by atoms with Crippen molar-refractivity contribution in [2.24, 2.45) is 0 Å². The van der Waals surface area contributed by atoms with Crippen molar-refractivity contribution < 1.29 is 5.11 Å². The van der Waals surface area contributed by atoms with Crippen molar-refractivity contribution >= 4 is 0 Å². The second-order valence-corrected chi connectivity index (χ2v) is 4.00. The molecule has 1 aromatic carbocycles. The Balaban J connectivity index is 2.63. The second kappa shape index (κ2) is 3.93. The molecule has 16 heavy (non-hydrogen) atoms. The summed E-state index contributed by atoms with van der Waals surface area (Å²) in [7, 11) is 0. The SMILES string of the molecule is Cc1cc(O)ccc1-c1nncc(C)c1C. The van der Waals surface area contributed by atoms with E-state index in [1.54, 1.807) is 18.3 Å². The molecular formula is C13H14N2O. The zero-order valence-corrected chi connectivity index (χ0v) is 9.65. The number of aryl methyl sites for hydroxylation is 2. The van der Waals surface area contributed by atoms with Crippen LogP contribution in [0.15, 0.2) is 24.4 Å². The predicted molar refractivity (Wildman–Crippen MR) is 63.3 cm³/mol. The van der Waals surface area contributed by atoms with Crippen LogP contribution in [0.2, 0.25) is 0 Å². The zero-order chi connectivity index (χ0) is 11.7. The molecule has 2 rings (SSSR count). The summed E-state index contributed by atoms with van der Waals surface area (Å²) in [4.78, 5) is 0. The minimum atomic E-state index is 0.277. The zero-order valence-electron chi connectivity index (χ0n) is 9.65. The van der Waals surface area contributed by atoms with Gasteiger partial charge in [-0.3, -0.25) is 0 Å². The van der Waals surface area contributed by atoms with Gasteiger partial charge in [0, 0.05) is 5.56 Å². The van der Waals surface area contributed by atoms with Crippen LogP contribution < -0.4 is 0 Å². The molecule has 0 radical (unpaired) electrons. The van der Waals surface area contributed by atoms with Crippen LogP contribution >= 0.6 is 0 Å². The molecule has 2 aromatic rings. The summed E-state index contributed by atoms with van der Waals surface area (Å²) in [5.41, 5.74) is 5.16. The predicted octanol–water partition coefficient (Wildman–Crippen LogP) is 2.77. The number of phenolic OH excluding ortho intramolecular Hbond substituents is 1. The first kappa shape index (κ1) is 10.6. The number of nitrogens with zero attached hydrogens (tertiary/aromatic N) is 2. The number of phenols is 1. The smallest absolute Gasteiger partial charge is 0.115 e. The van der Waals surface area contributed by atoms with Crippen molar-refractivity contribution in [3.8, 4) is 17.0 Å². The van der Waals surface area contributed by atoms with Crippen molar-refractivity contribution in [1.82, 2.24) is 10.2 Å². The largest absolute Gasteiger partial charge is 0.508 e. The molecule has 0 aliphatic rings. The van der Waals surface area contributed by atoms with Crippen molar-refractivity contribution in [3.63, 3.8) is 0 Å². The molecule has 1 aromatic heterocycles. The summed E-state index contributed by atoms with van der Waals surface area (Å²) in [6, 6.07) is 5.28. The van der Waals surface area contributed by atoms with Gasteiger partial charge in [-0.1, -0.05) is 0 Å². The highest BCUT2D eigenvalue weighted by Gasteiger charge is 2.09. The third kappa shape index (κ3) is 1.76. The maximum Gasteiger partial charge on any atom is 0.115 e. The lowest BCUT2D eigenvalue weighted by molar-refractivity contribution is 0.475. The normalized spacial score (nSPS) is 10.4. The molecule has 0 amide bonds. The Morgan fingerprint density at radius 1 is 1.06 bits per heavy atom. The first-order valence-corrected chi connectivity index (χ1v) is 5.18. The number of rotatable bonds is 1. The molecule has 0 bridgehead atoms. The maximum atomic E-state index is 9.37. The van der Waals surface area contributed by atoms with Crippen molar-refractivity contribution in [3.05, 3.63) is 41.1 Å². The van der Waals surface area contributed by atoms with Crippen LogP contribution in [0.3, 0.4) is 0 Å². The van der Waals surface area contributed by atoms with Crippen LogP contribution in [-0.4, -0.2) is 15.3 Å². The number of aromatic hydroxyl groups is 1. The minimum Gasteiger partial charge on any atom is -0.508 e. The number of hydrogen-bond acceptors (Lipinski definition) is 3. The van der Waals surface area contributed by atoms with E-state index in [9.17, 15) is 5.11 Å². The quantitative estimate of drug-likeness (QED) is 0.794. The number of benzene rings is 1. The summed E-state index contributed by atoms with van der Waals surface area (Å²) < 4.78 is 0. The van der Waals surface area contributed by atoms with E-state index in [1.165, 1.54) is 0 Å². The Morgan fingerprint density at radius 2 is 1.81 bits per heavy atom. The first-order chi connectivity index (χ1) is 7.59. The van der Waals surface area contributed by atoms with E-state index in [2.05, 4.69) is 10.2 Å². The molecule has 3 nitrogen and oxygen atoms in total. The lowest BCUT2D eigenvalue weighted by Gasteiger charge is -2.09. The van der Waals surface area contributed by atoms with Gasteiger partial charge in [-0.05, 0) is 55.7 Å². The van der Waals surface area contributed by atoms with Crippen LogP contribution in [0.25, 0.3) is 11.3 Å². The van der Waals surface area contributed by atoms with Crippen molar-refractivity contribution in [2.75, 3.05) is 0 Å². The lowest BCUT2D eigenvalue weighted by atomic mass is 10.0. The molecule has 0 saturated carbocycles. The Morgan fingerprint density at radius 3 is 2.50 bits per heavy atom. The molecule has 0 aliphatic carbocycles. The summed E-state index contributed by atoms with van der Waals surface area (Å²) >= 11 is 0. The van der Waals surface area contributed by atoms with E-state index in [0.717, 1.165) is 27.9 Å². The molecule has 0 saturated heterocycles. The van der Waals surface area contributed by atoms with Crippen LogP contribution in [0.1, 0.15) is 16.7 Å². The average molecular weight is 214 g/mol. The van der Waals surface area contributed by atoms with E-state index >= 15 is 0 Å². The highest BCUT2D eigenvalue weighted by molar-refractivity contribution is 5.67. The minimum absolute atomic E-state index is 0.277. The Hall–Kier alpha value is -1.90. The fraction of sp³-hybridized carbons (Fsp3) is 0.231. The molecule has 0 unspecified atom stereocenters. The fourth-order valence-corrected chi connectivity index (χ4v) is 1.70. The van der Waals surface area contributed by atoms with E-state index in [0.29, 0.717) is 0 Å². The lowest BCUT2D eigenvalue weighted by Crippen LogP contribution is -1.95. The van der Waals surface area contributed by atoms with Crippen molar-refractivity contribution in [2.45, 2.75) is 20.8 Å². The third-order valence-electron chi connectivity index (χ3n) is 2.82. The van der Waals surface area contributed by atoms with Gasteiger partial charge >= 0.3 is 0 Å². The molecule has 1 heterocycles. The fourth-order valence-electron chi connectivity index (χ4n) is 1.70. The summed E-state index contributed by atoms with van der Waals surface area (Å²) in [5.74, 6) is 0.277. The molecule has 0 fully saturated rings. The third-order valence-corrected chi connectivity index (χ3v) is 2.82. The van der Waals surface area contributed by atoms with Gasteiger partial charge in [0.05, 0.1) is 11.9 Å². The van der Waals surface area contributed by atoms with Gasteiger partial charge in [-0.2, -0.15) is 10.2 Å². The molecular weight excluding hydrogens is 200 g/mol. The van der Waals surface area contributed by atoms with Crippen LogP contribution in [0, 0.1) is 20.8 Å². The van der Waals surface area contributed by atoms with Gasteiger partial charge in [0.15, 0.2) is 0 Å². The summed E-state index contributed by atoms with van der Waals surface area (Å²) in [6.45, 7) is 6.01. The first-order valence-electron chi connectivity index (χ1n) is 5.18. The van der Waals surface area contributed by atoms with E-state index in [4.69, 9.17) is 0 Å². The molecule has 0 spiro atoms. The van der Waals surface area contributed by atoms with Crippen molar-refractivity contribution in [1.29, 1.82) is 0 Å². The monoisotopic (exact) mass is 214 g/mol. The van der Waals surface area contributed by atoms with Gasteiger partial charge in [-0.25, -0.2) is 0 Å². The number of hydrogen-bond donors (Lipinski definition) is 1. The second-order valence-electron chi connectivity index (χ2n) is 4.00. The van der Waals surface area contributed by atoms with Gasteiger partial charge in [0.2, 0.25) is 0 Å². The highest BCUT2D eigenvalue weighted by Crippen LogP contribution is 2.27. The van der Waals surface area contributed by atoms with Crippen LogP contribution in [0.4, 0.5) is 0 Å². The standard InChI is InChI=1S/C13H14N2O/c1-8-6-11(16)4-5-12(8)13-10(3)9(2)7-14-15-13/h4-7,16H,1-3H3. The summed E-state index contributed by atoms with van der Waals surface area (Å²) in [5, 5.41) is 17.5. The molecule has 0 atom stereocenters. The van der Waals surface area contributed by atoms with Gasteiger partial charge in [0.25, 0.3) is 0 Å². The van der Waals surface area contributed by atoms with E-state index < -0.39 is 0 Å². The van der Waals surface area contributed by atoms with E-state index in [1.807, 2.05) is 26.8 Å². The molecule has 0 aliphatic heterocycles. The topological polar surface area (TPSA) is 46.0 Å². The Labute approximate surface area is 94.8 Å². The number of aromatic nitrogens is 2. The van der Waals surface area contributed by atoms with Gasteiger partial charge in [-0.15, -0.1) is 0 Å². The highest BCUT2D eigenvalue weighted by atomic mass is 16.3. The molecule has 1 N–H and O–H groups in total. The Bertz CT molecular complexity index is 535. The van der Waals surface area contributed by atoms with Crippen LogP contribution in [-0.2, 0) is 0 Å². The average Bonchev–Trinajstić information content (AvgIpc) is 2.23. The molecule has 3 heteroatoms. The van der Waals surface area contributed by atoms with Gasteiger partial charge in [0.1, 0.15) is 5.75 Å². The Kier molecular flexibility index (Phi) is 2.60. The summed E-state index contributed by atoms with van der Waals surface area (Å²) in [6.07, 6.45) is 1.76. The van der Waals surface area contributed by atoms with Crippen LogP contribution in [0.5, 0.6) is 5.75 Å². The van der Waals surface area contributed by atoms with E-state index in [-0.39, 0.29) is 5.75 Å². The molecule has 82 valence electrons.